The molecule has 0 saturated carbocycles. The molecule has 0 bridgehead atoms. The number of hydrogen-bond acceptors (Lipinski definition) is 2. The predicted molar refractivity (Wildman–Crippen MR) is 48.3 cm³/mol. The van der Waals surface area contributed by atoms with Gasteiger partial charge in [-0.15, -0.1) is 0 Å². The van der Waals surface area contributed by atoms with Crippen molar-refractivity contribution in [3.63, 3.8) is 0 Å². The van der Waals surface area contributed by atoms with Gasteiger partial charge in [-0.1, -0.05) is 18.2 Å². The van der Waals surface area contributed by atoms with Gasteiger partial charge in [-0.3, -0.25) is 0 Å². The Morgan fingerprint density at radius 3 is 3.17 bits per heavy atom. The zero-order chi connectivity index (χ0) is 8.23. The lowest BCUT2D eigenvalue weighted by molar-refractivity contribution is 0.295. The molecule has 0 amide bonds. The molecule has 0 radical (unpaired) electrons. The van der Waals surface area contributed by atoms with Gasteiger partial charge in [0.25, 0.3) is 0 Å². The summed E-state index contributed by atoms with van der Waals surface area (Å²) in [5, 5.41) is 3.36. The van der Waals surface area contributed by atoms with Crippen molar-refractivity contribution in [2.75, 3.05) is 13.2 Å². The van der Waals surface area contributed by atoms with Crippen LogP contribution in [0.15, 0.2) is 24.3 Å². The van der Waals surface area contributed by atoms with Crippen LogP contribution in [0, 0.1) is 0 Å². The van der Waals surface area contributed by atoms with E-state index < -0.39 is 0 Å². The molecule has 1 aromatic rings. The van der Waals surface area contributed by atoms with Crippen LogP contribution in [0.1, 0.15) is 12.0 Å². The molecule has 1 N–H and O–H groups in total. The molecule has 0 spiro atoms. The van der Waals surface area contributed by atoms with E-state index in [4.69, 9.17) is 4.74 Å². The highest BCUT2D eigenvalue weighted by atomic mass is 16.5. The van der Waals surface area contributed by atoms with E-state index in [2.05, 4.69) is 11.4 Å². The summed E-state index contributed by atoms with van der Waals surface area (Å²) in [4.78, 5) is 0. The fourth-order valence-electron chi connectivity index (χ4n) is 1.39. The van der Waals surface area contributed by atoms with Gasteiger partial charge in [0.15, 0.2) is 0 Å². The Hall–Kier alpha value is -1.02. The second-order valence-corrected chi connectivity index (χ2v) is 2.99. The number of hydrogen-bond donors (Lipinski definition) is 1. The number of para-hydroxylation sites is 1. The Balaban J connectivity index is 2.24. The van der Waals surface area contributed by atoms with E-state index in [1.54, 1.807) is 0 Å². The van der Waals surface area contributed by atoms with Crippen LogP contribution in [-0.4, -0.2) is 13.2 Å². The molecule has 0 atom stereocenters. The van der Waals surface area contributed by atoms with Crippen LogP contribution < -0.4 is 10.1 Å². The molecule has 0 aliphatic carbocycles. The van der Waals surface area contributed by atoms with Crippen molar-refractivity contribution in [1.82, 2.24) is 5.32 Å². The summed E-state index contributed by atoms with van der Waals surface area (Å²) in [6.07, 6.45) is 1.09. The maximum Gasteiger partial charge on any atom is 0.123 e. The van der Waals surface area contributed by atoms with Gasteiger partial charge in [0.2, 0.25) is 0 Å². The smallest absolute Gasteiger partial charge is 0.123 e. The molecule has 1 heterocycles. The third-order valence-electron chi connectivity index (χ3n) is 2.04. The normalized spacial score (nSPS) is 17.0. The van der Waals surface area contributed by atoms with Crippen LogP contribution in [0.4, 0.5) is 0 Å². The van der Waals surface area contributed by atoms with Crippen molar-refractivity contribution < 1.29 is 4.74 Å². The molecule has 64 valence electrons. The molecule has 2 rings (SSSR count). The molecular formula is C10H13NO. The first-order valence-corrected chi connectivity index (χ1v) is 4.38. The highest BCUT2D eigenvalue weighted by Gasteiger charge is 2.04. The Bertz CT molecular complexity index is 233. The van der Waals surface area contributed by atoms with Gasteiger partial charge in [-0.05, 0) is 19.0 Å². The van der Waals surface area contributed by atoms with Crippen molar-refractivity contribution in [3.8, 4) is 5.75 Å². The maximum absolute atomic E-state index is 5.59. The molecule has 12 heavy (non-hydrogen) atoms. The average molecular weight is 163 g/mol. The first kappa shape index (κ1) is 7.62. The lowest BCUT2D eigenvalue weighted by Crippen LogP contribution is -2.20. The maximum atomic E-state index is 5.59. The third-order valence-corrected chi connectivity index (χ3v) is 2.04. The van der Waals surface area contributed by atoms with Gasteiger partial charge in [0.05, 0.1) is 6.61 Å². The van der Waals surface area contributed by atoms with Gasteiger partial charge >= 0.3 is 0 Å². The van der Waals surface area contributed by atoms with E-state index in [0.29, 0.717) is 0 Å². The van der Waals surface area contributed by atoms with Gasteiger partial charge in [-0.25, -0.2) is 0 Å². The molecule has 1 aromatic carbocycles. The van der Waals surface area contributed by atoms with E-state index >= 15 is 0 Å². The first-order chi connectivity index (χ1) is 5.97. The summed E-state index contributed by atoms with van der Waals surface area (Å²) in [5.74, 6) is 1.03. The summed E-state index contributed by atoms with van der Waals surface area (Å²) in [5.41, 5.74) is 1.26. The quantitative estimate of drug-likeness (QED) is 0.626. The first-order valence-electron chi connectivity index (χ1n) is 4.38. The zero-order valence-electron chi connectivity index (χ0n) is 7.05. The summed E-state index contributed by atoms with van der Waals surface area (Å²) in [6.45, 7) is 2.80. The Morgan fingerprint density at radius 1 is 1.25 bits per heavy atom. The van der Waals surface area contributed by atoms with Crippen LogP contribution in [0.5, 0.6) is 5.75 Å². The largest absolute Gasteiger partial charge is 0.493 e. The fourth-order valence-corrected chi connectivity index (χ4v) is 1.39. The summed E-state index contributed by atoms with van der Waals surface area (Å²) < 4.78 is 5.59. The van der Waals surface area contributed by atoms with Crippen LogP contribution in [-0.2, 0) is 6.54 Å². The molecule has 0 aromatic heterocycles. The molecule has 0 fully saturated rings. The predicted octanol–water partition coefficient (Wildman–Crippen LogP) is 1.56. The second-order valence-electron chi connectivity index (χ2n) is 2.99. The minimum absolute atomic E-state index is 0.823. The number of ether oxygens (including phenoxy) is 1. The Labute approximate surface area is 72.5 Å². The van der Waals surface area contributed by atoms with E-state index in [-0.39, 0.29) is 0 Å². The second kappa shape index (κ2) is 3.59. The van der Waals surface area contributed by atoms with Gasteiger partial charge in [0, 0.05) is 12.1 Å². The minimum atomic E-state index is 0.823. The topological polar surface area (TPSA) is 21.3 Å². The molecule has 1 aliphatic heterocycles. The van der Waals surface area contributed by atoms with Crippen molar-refractivity contribution in [3.05, 3.63) is 29.8 Å². The minimum Gasteiger partial charge on any atom is -0.493 e. The van der Waals surface area contributed by atoms with Gasteiger partial charge in [-0.2, -0.15) is 0 Å². The van der Waals surface area contributed by atoms with Gasteiger partial charge < -0.3 is 10.1 Å². The zero-order valence-corrected chi connectivity index (χ0v) is 7.05. The highest BCUT2D eigenvalue weighted by Crippen LogP contribution is 2.18. The SMILES string of the molecule is c1ccc2c(c1)CNCCCO2. The Morgan fingerprint density at radius 2 is 2.17 bits per heavy atom. The van der Waals surface area contributed by atoms with Crippen molar-refractivity contribution in [1.29, 1.82) is 0 Å². The average Bonchev–Trinajstić information content (AvgIpc) is 2.06. The summed E-state index contributed by atoms with van der Waals surface area (Å²) >= 11 is 0. The number of rotatable bonds is 0. The molecule has 0 saturated heterocycles. The summed E-state index contributed by atoms with van der Waals surface area (Å²) in [6, 6.07) is 8.20. The number of benzene rings is 1. The van der Waals surface area contributed by atoms with Crippen molar-refractivity contribution >= 4 is 0 Å². The van der Waals surface area contributed by atoms with E-state index in [1.807, 2.05) is 18.2 Å². The standard InChI is InChI=1S/C10H13NO/c1-2-5-10-9(4-1)8-11-6-3-7-12-10/h1-2,4-5,11H,3,6-8H2. The summed E-state index contributed by atoms with van der Waals surface area (Å²) in [7, 11) is 0. The fraction of sp³-hybridized carbons (Fsp3) is 0.400. The number of nitrogens with one attached hydrogen (secondary N) is 1. The third kappa shape index (κ3) is 1.59. The highest BCUT2D eigenvalue weighted by molar-refractivity contribution is 5.33. The van der Waals surface area contributed by atoms with Gasteiger partial charge in [0.1, 0.15) is 5.75 Å². The van der Waals surface area contributed by atoms with Crippen molar-refractivity contribution in [2.24, 2.45) is 0 Å². The molecule has 1 aliphatic rings. The number of fused-ring (bicyclic) bond motifs is 1. The monoisotopic (exact) mass is 163 g/mol. The molecular weight excluding hydrogens is 150 g/mol. The van der Waals surface area contributed by atoms with E-state index in [0.717, 1.165) is 31.9 Å². The van der Waals surface area contributed by atoms with E-state index in [1.165, 1.54) is 5.56 Å². The van der Waals surface area contributed by atoms with Crippen LogP contribution in [0.25, 0.3) is 0 Å². The van der Waals surface area contributed by atoms with Crippen LogP contribution in [0.3, 0.4) is 0 Å². The lowest BCUT2D eigenvalue weighted by atomic mass is 10.2. The Kier molecular flexibility index (Phi) is 2.28. The van der Waals surface area contributed by atoms with Crippen molar-refractivity contribution in [2.45, 2.75) is 13.0 Å². The van der Waals surface area contributed by atoms with E-state index in [9.17, 15) is 0 Å². The molecule has 2 nitrogen and oxygen atoms in total. The lowest BCUT2D eigenvalue weighted by Gasteiger charge is -2.15. The van der Waals surface area contributed by atoms with Crippen LogP contribution in [0.2, 0.25) is 0 Å². The molecule has 0 unspecified atom stereocenters. The molecule has 2 heteroatoms. The van der Waals surface area contributed by atoms with Crippen LogP contribution >= 0.6 is 0 Å².